The van der Waals surface area contributed by atoms with E-state index in [0.717, 1.165) is 44.8 Å². The summed E-state index contributed by atoms with van der Waals surface area (Å²) in [5, 5.41) is 12.2. The lowest BCUT2D eigenvalue weighted by molar-refractivity contribution is -0.145. The Kier molecular flexibility index (Phi) is 11.0. The van der Waals surface area contributed by atoms with Crippen LogP contribution in [-0.2, 0) is 27.2 Å². The molecule has 1 fully saturated rings. The molecule has 2 N–H and O–H groups in total. The normalized spacial score (nSPS) is 15.5. The van der Waals surface area contributed by atoms with E-state index in [1.54, 1.807) is 12.1 Å². The zero-order chi connectivity index (χ0) is 24.2. The summed E-state index contributed by atoms with van der Waals surface area (Å²) in [6.07, 6.45) is -0.292. The standard InChI is InChI=1S/C24H30N2O5.C2H6/c1-17(27)22(24(29)30-2)25-23(28)21-9-7-19(8-10-21)15-18-3-5-20(6-4-18)16-26-11-13-31-14-12-26;1-2/h3-10,17,22,27H,11-16H2,1-2H3,(H,25,28);1-2H3. The van der Waals surface area contributed by atoms with Crippen LogP contribution in [0.15, 0.2) is 48.5 Å². The fourth-order valence-corrected chi connectivity index (χ4v) is 3.52. The highest BCUT2D eigenvalue weighted by Crippen LogP contribution is 2.14. The van der Waals surface area contributed by atoms with E-state index in [1.807, 2.05) is 26.0 Å². The molecular formula is C26H36N2O5. The van der Waals surface area contributed by atoms with Crippen LogP contribution in [-0.4, -0.2) is 67.4 Å². The Labute approximate surface area is 196 Å². The summed E-state index contributed by atoms with van der Waals surface area (Å²) in [6.45, 7) is 9.91. The molecule has 1 heterocycles. The Hall–Kier alpha value is -2.74. The third-order valence-electron chi connectivity index (χ3n) is 5.38. The number of rotatable bonds is 8. The quantitative estimate of drug-likeness (QED) is 0.594. The molecule has 0 spiro atoms. The molecule has 33 heavy (non-hydrogen) atoms. The molecule has 1 aliphatic rings. The van der Waals surface area contributed by atoms with Gasteiger partial charge in [-0.2, -0.15) is 0 Å². The van der Waals surface area contributed by atoms with Crippen molar-refractivity contribution in [3.63, 3.8) is 0 Å². The van der Waals surface area contributed by atoms with Gasteiger partial charge in [-0.3, -0.25) is 9.69 Å². The van der Waals surface area contributed by atoms with Crippen LogP contribution in [0.1, 0.15) is 47.8 Å². The smallest absolute Gasteiger partial charge is 0.331 e. The number of morpholine rings is 1. The van der Waals surface area contributed by atoms with Gasteiger partial charge in [-0.15, -0.1) is 0 Å². The number of benzene rings is 2. The largest absolute Gasteiger partial charge is 0.467 e. The number of methoxy groups -OCH3 is 1. The number of hydrogen-bond donors (Lipinski definition) is 2. The van der Waals surface area contributed by atoms with Crippen molar-refractivity contribution in [1.29, 1.82) is 0 Å². The molecule has 0 bridgehead atoms. The maximum atomic E-state index is 12.4. The van der Waals surface area contributed by atoms with Crippen LogP contribution in [0.25, 0.3) is 0 Å². The first-order valence-corrected chi connectivity index (χ1v) is 11.5. The monoisotopic (exact) mass is 456 g/mol. The van der Waals surface area contributed by atoms with E-state index in [2.05, 4.69) is 39.2 Å². The zero-order valence-electron chi connectivity index (χ0n) is 20.0. The van der Waals surface area contributed by atoms with E-state index in [1.165, 1.54) is 25.2 Å². The van der Waals surface area contributed by atoms with Crippen LogP contribution in [0.2, 0.25) is 0 Å². The predicted molar refractivity (Wildman–Crippen MR) is 128 cm³/mol. The molecule has 7 nitrogen and oxygen atoms in total. The second-order valence-electron chi connectivity index (χ2n) is 7.79. The summed E-state index contributed by atoms with van der Waals surface area (Å²) in [5.74, 6) is -1.12. The number of aliphatic hydroxyl groups excluding tert-OH is 1. The van der Waals surface area contributed by atoms with E-state index in [9.17, 15) is 14.7 Å². The fraction of sp³-hybridized carbons (Fsp3) is 0.462. The van der Waals surface area contributed by atoms with Crippen LogP contribution >= 0.6 is 0 Å². The maximum Gasteiger partial charge on any atom is 0.331 e. The van der Waals surface area contributed by atoms with Gasteiger partial charge in [0.1, 0.15) is 0 Å². The lowest BCUT2D eigenvalue weighted by Gasteiger charge is -2.26. The minimum Gasteiger partial charge on any atom is -0.467 e. The number of ether oxygens (including phenoxy) is 2. The minimum absolute atomic E-state index is 0.416. The van der Waals surface area contributed by atoms with Crippen molar-refractivity contribution in [2.75, 3.05) is 33.4 Å². The molecule has 180 valence electrons. The van der Waals surface area contributed by atoms with Gasteiger partial charge in [0.05, 0.1) is 26.4 Å². The lowest BCUT2D eigenvalue weighted by atomic mass is 10.0. The topological polar surface area (TPSA) is 88.1 Å². The molecule has 1 saturated heterocycles. The number of nitrogens with one attached hydrogen (secondary N) is 1. The maximum absolute atomic E-state index is 12.4. The predicted octanol–water partition coefficient (Wildman–Crippen LogP) is 2.79. The molecule has 0 saturated carbocycles. The number of esters is 1. The van der Waals surface area contributed by atoms with Gasteiger partial charge in [-0.25, -0.2) is 4.79 Å². The SMILES string of the molecule is CC.COC(=O)C(NC(=O)c1ccc(Cc2ccc(CN3CCOCC3)cc2)cc1)C(C)O. The summed E-state index contributed by atoms with van der Waals surface area (Å²) in [5.41, 5.74) is 3.98. The molecule has 1 amide bonds. The highest BCUT2D eigenvalue weighted by Gasteiger charge is 2.26. The summed E-state index contributed by atoms with van der Waals surface area (Å²) >= 11 is 0. The summed E-state index contributed by atoms with van der Waals surface area (Å²) in [7, 11) is 1.22. The number of hydrogen-bond acceptors (Lipinski definition) is 6. The van der Waals surface area contributed by atoms with Crippen LogP contribution in [0.3, 0.4) is 0 Å². The van der Waals surface area contributed by atoms with Gasteiger partial charge in [-0.1, -0.05) is 50.2 Å². The van der Waals surface area contributed by atoms with Crippen LogP contribution in [0.4, 0.5) is 0 Å². The number of nitrogens with zero attached hydrogens (tertiary/aromatic N) is 1. The first-order valence-electron chi connectivity index (χ1n) is 11.5. The first-order chi connectivity index (χ1) is 16.0. The Morgan fingerprint density at radius 3 is 2.03 bits per heavy atom. The van der Waals surface area contributed by atoms with Gasteiger partial charge in [0.25, 0.3) is 5.91 Å². The molecule has 2 atom stereocenters. The van der Waals surface area contributed by atoms with Crippen molar-refractivity contribution in [2.45, 2.75) is 45.9 Å². The summed E-state index contributed by atoms with van der Waals surface area (Å²) in [6, 6.07) is 14.7. The van der Waals surface area contributed by atoms with Crippen molar-refractivity contribution in [2.24, 2.45) is 0 Å². The summed E-state index contributed by atoms with van der Waals surface area (Å²) in [4.78, 5) is 26.5. The van der Waals surface area contributed by atoms with Gasteiger partial charge in [-0.05, 0) is 42.2 Å². The molecule has 7 heteroatoms. The highest BCUT2D eigenvalue weighted by atomic mass is 16.5. The van der Waals surface area contributed by atoms with Crippen LogP contribution in [0, 0.1) is 0 Å². The third kappa shape index (κ3) is 8.28. The molecule has 2 unspecified atom stereocenters. The van der Waals surface area contributed by atoms with Crippen LogP contribution in [0.5, 0.6) is 0 Å². The Morgan fingerprint density at radius 1 is 1.00 bits per heavy atom. The third-order valence-corrected chi connectivity index (χ3v) is 5.38. The number of aliphatic hydroxyl groups is 1. The van der Waals surface area contributed by atoms with Crippen molar-refractivity contribution in [1.82, 2.24) is 10.2 Å². The van der Waals surface area contributed by atoms with Crippen molar-refractivity contribution >= 4 is 11.9 Å². The molecule has 0 aromatic heterocycles. The molecular weight excluding hydrogens is 420 g/mol. The van der Waals surface area contributed by atoms with Gasteiger partial charge >= 0.3 is 5.97 Å². The van der Waals surface area contributed by atoms with Crippen LogP contribution < -0.4 is 5.32 Å². The minimum atomic E-state index is -1.10. The average Bonchev–Trinajstić information content (AvgIpc) is 2.85. The first kappa shape index (κ1) is 26.5. The second kappa shape index (κ2) is 13.7. The number of carbonyl (C=O) groups excluding carboxylic acids is 2. The Bertz CT molecular complexity index is 859. The molecule has 0 radical (unpaired) electrons. The molecule has 1 aliphatic heterocycles. The highest BCUT2D eigenvalue weighted by molar-refractivity contribution is 5.96. The van der Waals surface area contributed by atoms with Crippen molar-refractivity contribution in [3.8, 4) is 0 Å². The Balaban J connectivity index is 0.00000187. The van der Waals surface area contributed by atoms with E-state index >= 15 is 0 Å². The van der Waals surface area contributed by atoms with Gasteiger partial charge in [0, 0.05) is 25.2 Å². The lowest BCUT2D eigenvalue weighted by Crippen LogP contribution is -2.48. The van der Waals surface area contributed by atoms with E-state index < -0.39 is 24.0 Å². The molecule has 0 aliphatic carbocycles. The van der Waals surface area contributed by atoms with Gasteiger partial charge in [0.15, 0.2) is 6.04 Å². The zero-order valence-corrected chi connectivity index (χ0v) is 20.0. The second-order valence-corrected chi connectivity index (χ2v) is 7.79. The molecule has 2 aromatic carbocycles. The van der Waals surface area contributed by atoms with Crippen molar-refractivity contribution < 1.29 is 24.2 Å². The molecule has 3 rings (SSSR count). The molecule has 2 aromatic rings. The van der Waals surface area contributed by atoms with E-state index in [4.69, 9.17) is 4.74 Å². The van der Waals surface area contributed by atoms with E-state index in [0.29, 0.717) is 5.56 Å². The fourth-order valence-electron chi connectivity index (χ4n) is 3.52. The summed E-state index contributed by atoms with van der Waals surface area (Å²) < 4.78 is 10.0. The van der Waals surface area contributed by atoms with Crippen molar-refractivity contribution in [3.05, 3.63) is 70.8 Å². The average molecular weight is 457 g/mol. The van der Waals surface area contributed by atoms with E-state index in [-0.39, 0.29) is 0 Å². The Morgan fingerprint density at radius 2 is 1.52 bits per heavy atom. The number of carbonyl (C=O) groups is 2. The van der Waals surface area contributed by atoms with Gasteiger partial charge < -0.3 is 19.9 Å². The number of amides is 1. The van der Waals surface area contributed by atoms with Gasteiger partial charge in [0.2, 0.25) is 0 Å².